The van der Waals surface area contributed by atoms with Crippen LogP contribution in [0, 0.1) is 0 Å². The highest BCUT2D eigenvalue weighted by atomic mass is 31.1. The molecule has 0 amide bonds. The van der Waals surface area contributed by atoms with Crippen molar-refractivity contribution in [3.63, 3.8) is 0 Å². The Kier molecular flexibility index (Phi) is 7.69. The van der Waals surface area contributed by atoms with E-state index in [1.54, 1.807) is 0 Å². The lowest BCUT2D eigenvalue weighted by Gasteiger charge is -1.87. The van der Waals surface area contributed by atoms with Gasteiger partial charge in [-0.05, 0) is 6.42 Å². The molecule has 3 nitrogen and oxygen atoms in total. The summed E-state index contributed by atoms with van der Waals surface area (Å²) in [7, 11) is -1.92. The summed E-state index contributed by atoms with van der Waals surface area (Å²) in [5, 5.41) is 0. The number of hydrogen-bond donors (Lipinski definition) is 0. The zero-order valence-electron chi connectivity index (χ0n) is 6.78. The molecule has 0 spiro atoms. The van der Waals surface area contributed by atoms with E-state index in [4.69, 9.17) is 9.05 Å². The van der Waals surface area contributed by atoms with E-state index in [1.165, 1.54) is 6.08 Å². The maximum absolute atomic E-state index is 10.7. The highest BCUT2D eigenvalue weighted by Gasteiger charge is 2.17. The summed E-state index contributed by atoms with van der Waals surface area (Å²) < 4.78 is 20.3. The molecule has 0 aliphatic heterocycles. The maximum atomic E-state index is 10.7. The SMILES string of the molecule is C=CCO[P+](=O)OCCCC. The van der Waals surface area contributed by atoms with Gasteiger partial charge in [-0.15, -0.1) is 15.6 Å². The molecule has 0 aromatic carbocycles. The summed E-state index contributed by atoms with van der Waals surface area (Å²) >= 11 is 0. The number of rotatable bonds is 7. The topological polar surface area (TPSA) is 35.5 Å². The Hall–Kier alpha value is -0.240. The van der Waals surface area contributed by atoms with Gasteiger partial charge in [0.15, 0.2) is 0 Å². The zero-order chi connectivity index (χ0) is 8.53. The van der Waals surface area contributed by atoms with Crippen LogP contribution in [-0.2, 0) is 13.6 Å². The Morgan fingerprint density at radius 3 is 2.82 bits per heavy atom. The molecule has 64 valence electrons. The van der Waals surface area contributed by atoms with Crippen molar-refractivity contribution < 1.29 is 13.6 Å². The van der Waals surface area contributed by atoms with E-state index in [1.807, 2.05) is 6.92 Å². The van der Waals surface area contributed by atoms with Gasteiger partial charge in [0.25, 0.3) is 0 Å². The summed E-state index contributed by atoms with van der Waals surface area (Å²) in [6.45, 7) is 6.24. The summed E-state index contributed by atoms with van der Waals surface area (Å²) in [6.07, 6.45) is 3.49. The summed E-state index contributed by atoms with van der Waals surface area (Å²) in [6, 6.07) is 0. The largest absolute Gasteiger partial charge is 0.697 e. The molecule has 0 rings (SSSR count). The summed E-state index contributed by atoms with van der Waals surface area (Å²) in [4.78, 5) is 0. The zero-order valence-corrected chi connectivity index (χ0v) is 7.68. The fourth-order valence-electron chi connectivity index (χ4n) is 0.434. The van der Waals surface area contributed by atoms with Crippen molar-refractivity contribution in [1.82, 2.24) is 0 Å². The van der Waals surface area contributed by atoms with E-state index in [0.717, 1.165) is 12.8 Å². The van der Waals surface area contributed by atoms with Crippen LogP contribution in [0.15, 0.2) is 12.7 Å². The third-order valence-electron chi connectivity index (χ3n) is 0.992. The molecule has 0 aromatic heterocycles. The molecule has 0 aliphatic rings. The van der Waals surface area contributed by atoms with E-state index in [-0.39, 0.29) is 6.61 Å². The lowest BCUT2D eigenvalue weighted by atomic mass is 10.4. The summed E-state index contributed by atoms with van der Waals surface area (Å²) in [5.74, 6) is 0. The van der Waals surface area contributed by atoms with Crippen molar-refractivity contribution in [3.8, 4) is 0 Å². The molecule has 0 aliphatic carbocycles. The minimum absolute atomic E-state index is 0.279. The molecule has 0 radical (unpaired) electrons. The molecule has 0 aromatic rings. The molecular weight excluding hydrogens is 163 g/mol. The quantitative estimate of drug-likeness (QED) is 0.340. The van der Waals surface area contributed by atoms with Crippen LogP contribution in [0.1, 0.15) is 19.8 Å². The van der Waals surface area contributed by atoms with Gasteiger partial charge >= 0.3 is 8.25 Å². The lowest BCUT2D eigenvalue weighted by Crippen LogP contribution is -1.87. The first-order valence-corrected chi connectivity index (χ1v) is 4.74. The Morgan fingerprint density at radius 2 is 2.27 bits per heavy atom. The first-order chi connectivity index (χ1) is 5.31. The Labute approximate surface area is 68.3 Å². The van der Waals surface area contributed by atoms with Crippen molar-refractivity contribution in [2.24, 2.45) is 0 Å². The molecule has 1 atom stereocenters. The molecule has 0 heterocycles. The summed E-state index contributed by atoms with van der Waals surface area (Å²) in [5.41, 5.74) is 0. The van der Waals surface area contributed by atoms with Crippen molar-refractivity contribution in [1.29, 1.82) is 0 Å². The molecule has 11 heavy (non-hydrogen) atoms. The van der Waals surface area contributed by atoms with Crippen molar-refractivity contribution in [2.75, 3.05) is 13.2 Å². The number of hydrogen-bond acceptors (Lipinski definition) is 3. The molecule has 1 unspecified atom stereocenters. The Morgan fingerprint density at radius 1 is 1.55 bits per heavy atom. The average Bonchev–Trinajstić information content (AvgIpc) is 2.01. The molecule has 0 saturated heterocycles. The smallest absolute Gasteiger partial charge is 0.119 e. The monoisotopic (exact) mass is 177 g/mol. The highest BCUT2D eigenvalue weighted by molar-refractivity contribution is 7.33. The van der Waals surface area contributed by atoms with Gasteiger partial charge in [0.05, 0.1) is 0 Å². The van der Waals surface area contributed by atoms with Crippen LogP contribution in [0.2, 0.25) is 0 Å². The van der Waals surface area contributed by atoms with Crippen LogP contribution in [0.5, 0.6) is 0 Å². The van der Waals surface area contributed by atoms with Crippen LogP contribution in [0.3, 0.4) is 0 Å². The lowest BCUT2D eigenvalue weighted by molar-refractivity contribution is 0.238. The van der Waals surface area contributed by atoms with Gasteiger partial charge in [-0.3, -0.25) is 0 Å². The molecule has 4 heteroatoms. The fourth-order valence-corrected chi connectivity index (χ4v) is 1.01. The van der Waals surface area contributed by atoms with Crippen molar-refractivity contribution in [2.45, 2.75) is 19.8 Å². The van der Waals surface area contributed by atoms with Gasteiger partial charge in [0, 0.05) is 4.57 Å². The highest BCUT2D eigenvalue weighted by Crippen LogP contribution is 2.23. The van der Waals surface area contributed by atoms with E-state index < -0.39 is 8.25 Å². The first kappa shape index (κ1) is 10.8. The molecular formula is C7H14O3P+. The van der Waals surface area contributed by atoms with Crippen molar-refractivity contribution >= 4 is 8.25 Å². The van der Waals surface area contributed by atoms with Gasteiger partial charge in [-0.2, -0.15) is 0 Å². The Balaban J connectivity index is 3.15. The Bertz CT molecular complexity index is 125. The maximum Gasteiger partial charge on any atom is 0.697 e. The molecule has 0 N–H and O–H groups in total. The van der Waals surface area contributed by atoms with Crippen LogP contribution >= 0.6 is 8.25 Å². The third kappa shape index (κ3) is 7.66. The molecule has 0 bridgehead atoms. The van der Waals surface area contributed by atoms with Crippen LogP contribution in [0.4, 0.5) is 0 Å². The third-order valence-corrected chi connectivity index (χ3v) is 1.75. The number of unbranched alkanes of at least 4 members (excludes halogenated alkanes) is 1. The van der Waals surface area contributed by atoms with E-state index >= 15 is 0 Å². The minimum Gasteiger partial charge on any atom is -0.119 e. The van der Waals surface area contributed by atoms with Gasteiger partial charge in [0.2, 0.25) is 0 Å². The van der Waals surface area contributed by atoms with E-state index in [2.05, 4.69) is 6.58 Å². The van der Waals surface area contributed by atoms with Gasteiger partial charge < -0.3 is 0 Å². The normalized spacial score (nSPS) is 11.2. The fraction of sp³-hybridized carbons (Fsp3) is 0.714. The van der Waals surface area contributed by atoms with Gasteiger partial charge in [-0.25, -0.2) is 0 Å². The van der Waals surface area contributed by atoms with Crippen molar-refractivity contribution in [3.05, 3.63) is 12.7 Å². The van der Waals surface area contributed by atoms with Crippen LogP contribution in [0.25, 0.3) is 0 Å². The average molecular weight is 177 g/mol. The minimum atomic E-state index is -1.92. The van der Waals surface area contributed by atoms with Crippen LogP contribution in [-0.4, -0.2) is 13.2 Å². The standard InChI is InChI=1S/C7H14O3P/c1-3-5-7-10-11(8)9-6-4-2/h4H,2-3,5-7H2,1H3/q+1. The van der Waals surface area contributed by atoms with E-state index in [9.17, 15) is 4.57 Å². The predicted octanol–water partition coefficient (Wildman–Crippen LogP) is 2.66. The molecule has 0 fully saturated rings. The second-order valence-corrected chi connectivity index (χ2v) is 2.96. The van der Waals surface area contributed by atoms with Gasteiger partial charge in [0.1, 0.15) is 13.2 Å². The second-order valence-electron chi connectivity index (χ2n) is 1.99. The predicted molar refractivity (Wildman–Crippen MR) is 44.6 cm³/mol. The van der Waals surface area contributed by atoms with Crippen LogP contribution < -0.4 is 0 Å². The first-order valence-electron chi connectivity index (χ1n) is 3.65. The van der Waals surface area contributed by atoms with E-state index in [0.29, 0.717) is 6.61 Å². The van der Waals surface area contributed by atoms with Gasteiger partial charge in [-0.1, -0.05) is 19.4 Å². The molecule has 0 saturated carbocycles. The second kappa shape index (κ2) is 7.86.